The van der Waals surface area contributed by atoms with Gasteiger partial charge in [-0.05, 0) is 6.92 Å². The summed E-state index contributed by atoms with van der Waals surface area (Å²) in [7, 11) is 0. The van der Waals surface area contributed by atoms with Crippen LogP contribution in [0.15, 0.2) is 36.9 Å². The van der Waals surface area contributed by atoms with E-state index in [0.29, 0.717) is 0 Å². The van der Waals surface area contributed by atoms with Gasteiger partial charge >= 0.3 is 0 Å². The van der Waals surface area contributed by atoms with Crippen LogP contribution in [0.25, 0.3) is 0 Å². The van der Waals surface area contributed by atoms with E-state index in [1.165, 1.54) is 12.1 Å². The van der Waals surface area contributed by atoms with Crippen LogP contribution in [0.2, 0.25) is 0 Å². The Balaban J connectivity index is 0.000000583. The largest absolute Gasteiger partial charge is 0.545 e. The first-order valence-corrected chi connectivity index (χ1v) is 4.13. The average Bonchev–Trinajstić information content (AvgIpc) is 2.19. The number of hydrogen-bond acceptors (Lipinski definition) is 4. The lowest BCUT2D eigenvalue weighted by atomic mass is 10.1. The smallest absolute Gasteiger partial charge is 0.0721 e. The van der Waals surface area contributed by atoms with Crippen molar-refractivity contribution in [3.05, 3.63) is 48.0 Å². The van der Waals surface area contributed by atoms with Crippen LogP contribution in [0, 0.1) is 0 Å². The number of allylic oxidation sites excluding steroid dienone is 1. The summed E-state index contributed by atoms with van der Waals surface area (Å²) in [5.41, 5.74) is -0.727. The molecule has 0 aliphatic rings. The number of benzene rings is 1. The van der Waals surface area contributed by atoms with Crippen molar-refractivity contribution in [3.8, 4) is 0 Å². The molecule has 15 heavy (non-hydrogen) atoms. The minimum atomic E-state index is -1.52. The Morgan fingerprint density at radius 3 is 1.60 bits per heavy atom. The van der Waals surface area contributed by atoms with E-state index < -0.39 is 11.9 Å². The zero-order chi connectivity index (χ0) is 11.8. The van der Waals surface area contributed by atoms with Gasteiger partial charge in [-0.15, -0.1) is 6.58 Å². The fraction of sp³-hybridized carbons (Fsp3) is 0.0909. The van der Waals surface area contributed by atoms with Crippen LogP contribution < -0.4 is 10.2 Å². The Kier molecular flexibility index (Phi) is 5.48. The number of aromatic carboxylic acids is 2. The van der Waals surface area contributed by atoms with Crippen LogP contribution in [0.3, 0.4) is 0 Å². The first kappa shape index (κ1) is 12.9. The maximum atomic E-state index is 10.3. The van der Waals surface area contributed by atoms with E-state index >= 15 is 0 Å². The zero-order valence-corrected chi connectivity index (χ0v) is 8.23. The molecule has 80 valence electrons. The summed E-state index contributed by atoms with van der Waals surface area (Å²) in [5.74, 6) is -3.04. The summed E-state index contributed by atoms with van der Waals surface area (Å²) in [6.45, 7) is 5.25. The van der Waals surface area contributed by atoms with Crippen molar-refractivity contribution in [2.24, 2.45) is 0 Å². The van der Waals surface area contributed by atoms with Gasteiger partial charge < -0.3 is 19.8 Å². The molecule has 1 aromatic carbocycles. The van der Waals surface area contributed by atoms with Crippen molar-refractivity contribution in [1.29, 1.82) is 0 Å². The van der Waals surface area contributed by atoms with Crippen molar-refractivity contribution in [3.63, 3.8) is 0 Å². The van der Waals surface area contributed by atoms with Crippen LogP contribution in [-0.2, 0) is 0 Å². The molecule has 0 saturated carbocycles. The minimum absolute atomic E-state index is 0.363. The van der Waals surface area contributed by atoms with Crippen LogP contribution in [0.5, 0.6) is 0 Å². The monoisotopic (exact) mass is 206 g/mol. The summed E-state index contributed by atoms with van der Waals surface area (Å²) in [5, 5.41) is 20.6. The normalized spacial score (nSPS) is 8.33. The van der Waals surface area contributed by atoms with Gasteiger partial charge in [0.25, 0.3) is 0 Å². The third-order valence-corrected chi connectivity index (χ3v) is 1.37. The summed E-state index contributed by atoms with van der Waals surface area (Å²) < 4.78 is 0. The fourth-order valence-electron chi connectivity index (χ4n) is 0.839. The standard InChI is InChI=1S/C8H6O4.C3H6/c9-7(10)5-3-1-2-4-6(5)8(11)12;1-3-2/h1-4H,(H,9,10)(H,11,12);3H,1H2,2H3/p-2. The van der Waals surface area contributed by atoms with Gasteiger partial charge in [-0.3, -0.25) is 0 Å². The third kappa shape index (κ3) is 4.08. The summed E-state index contributed by atoms with van der Waals surface area (Å²) in [4.78, 5) is 20.6. The maximum absolute atomic E-state index is 10.3. The number of carbonyl (C=O) groups excluding carboxylic acids is 2. The average molecular weight is 206 g/mol. The predicted octanol–water partition coefficient (Wildman–Crippen LogP) is -0.394. The SMILES string of the molecule is C=CC.O=C([O-])c1ccccc1C(=O)[O-]. The van der Waals surface area contributed by atoms with E-state index in [0.717, 1.165) is 12.1 Å². The van der Waals surface area contributed by atoms with Gasteiger partial charge in [-0.1, -0.05) is 30.3 Å². The van der Waals surface area contributed by atoms with Crippen LogP contribution in [-0.4, -0.2) is 11.9 Å². The number of carbonyl (C=O) groups is 2. The molecular formula is C11H10O4-2. The van der Waals surface area contributed by atoms with Crippen LogP contribution in [0.4, 0.5) is 0 Å². The first-order valence-electron chi connectivity index (χ1n) is 4.13. The Morgan fingerprint density at radius 1 is 1.13 bits per heavy atom. The van der Waals surface area contributed by atoms with E-state index in [4.69, 9.17) is 0 Å². The topological polar surface area (TPSA) is 80.3 Å². The van der Waals surface area contributed by atoms with Crippen molar-refractivity contribution >= 4 is 11.9 Å². The van der Waals surface area contributed by atoms with E-state index in [-0.39, 0.29) is 11.1 Å². The second-order valence-electron chi connectivity index (χ2n) is 2.53. The second-order valence-corrected chi connectivity index (χ2v) is 2.53. The minimum Gasteiger partial charge on any atom is -0.545 e. The molecule has 0 aliphatic heterocycles. The van der Waals surface area contributed by atoms with Crippen LogP contribution >= 0.6 is 0 Å². The molecule has 0 fully saturated rings. The lowest BCUT2D eigenvalue weighted by Gasteiger charge is -2.09. The molecule has 0 atom stereocenters. The molecule has 0 bridgehead atoms. The highest BCUT2D eigenvalue weighted by molar-refractivity contribution is 5.99. The molecular weight excluding hydrogens is 196 g/mol. The highest BCUT2D eigenvalue weighted by Gasteiger charge is 2.01. The quantitative estimate of drug-likeness (QED) is 0.617. The molecule has 0 unspecified atom stereocenters. The Labute approximate surface area is 87.5 Å². The predicted molar refractivity (Wildman–Crippen MR) is 51.0 cm³/mol. The zero-order valence-electron chi connectivity index (χ0n) is 8.23. The molecule has 4 heteroatoms. The van der Waals surface area contributed by atoms with Crippen molar-refractivity contribution < 1.29 is 19.8 Å². The third-order valence-electron chi connectivity index (χ3n) is 1.37. The van der Waals surface area contributed by atoms with E-state index in [1.807, 2.05) is 6.92 Å². The van der Waals surface area contributed by atoms with Crippen molar-refractivity contribution in [2.45, 2.75) is 6.92 Å². The Hall–Kier alpha value is -2.10. The molecule has 0 saturated heterocycles. The highest BCUT2D eigenvalue weighted by atomic mass is 16.4. The lowest BCUT2D eigenvalue weighted by Crippen LogP contribution is -2.29. The van der Waals surface area contributed by atoms with E-state index in [9.17, 15) is 19.8 Å². The van der Waals surface area contributed by atoms with Gasteiger partial charge in [-0.2, -0.15) is 0 Å². The van der Waals surface area contributed by atoms with Gasteiger partial charge in [0.15, 0.2) is 0 Å². The van der Waals surface area contributed by atoms with Gasteiger partial charge in [0.2, 0.25) is 0 Å². The molecule has 0 aliphatic carbocycles. The summed E-state index contributed by atoms with van der Waals surface area (Å²) in [6, 6.07) is 5.14. The molecule has 4 nitrogen and oxygen atoms in total. The van der Waals surface area contributed by atoms with Crippen LogP contribution in [0.1, 0.15) is 27.6 Å². The van der Waals surface area contributed by atoms with E-state index in [2.05, 4.69) is 6.58 Å². The number of hydrogen-bond donors (Lipinski definition) is 0. The molecule has 1 rings (SSSR count). The first-order chi connectivity index (χ1) is 7.04. The Morgan fingerprint density at radius 2 is 1.40 bits per heavy atom. The molecule has 0 spiro atoms. The number of rotatable bonds is 2. The molecule has 0 heterocycles. The highest BCUT2D eigenvalue weighted by Crippen LogP contribution is 2.05. The van der Waals surface area contributed by atoms with Gasteiger partial charge in [-0.25, -0.2) is 0 Å². The lowest BCUT2D eigenvalue weighted by molar-refractivity contribution is -0.259. The number of carboxylic acid groups (broad SMARTS) is 2. The fourth-order valence-corrected chi connectivity index (χ4v) is 0.839. The summed E-state index contributed by atoms with van der Waals surface area (Å²) in [6.07, 6.45) is 1.75. The van der Waals surface area contributed by atoms with Gasteiger partial charge in [0.05, 0.1) is 11.9 Å². The van der Waals surface area contributed by atoms with Crippen molar-refractivity contribution in [1.82, 2.24) is 0 Å². The molecule has 1 aromatic rings. The second kappa shape index (κ2) is 6.37. The van der Waals surface area contributed by atoms with E-state index in [1.54, 1.807) is 6.08 Å². The van der Waals surface area contributed by atoms with Crippen molar-refractivity contribution in [2.75, 3.05) is 0 Å². The molecule has 0 radical (unpaired) electrons. The van der Waals surface area contributed by atoms with Gasteiger partial charge in [0, 0.05) is 11.1 Å². The molecule has 0 amide bonds. The van der Waals surface area contributed by atoms with Gasteiger partial charge in [0.1, 0.15) is 0 Å². The molecule has 0 N–H and O–H groups in total. The summed E-state index contributed by atoms with van der Waals surface area (Å²) >= 11 is 0. The number of carboxylic acids is 2. The maximum Gasteiger partial charge on any atom is 0.0721 e. The Bertz CT molecular complexity index is 336. The molecule has 0 aromatic heterocycles.